The predicted molar refractivity (Wildman–Crippen MR) is 78.8 cm³/mol. The summed E-state index contributed by atoms with van der Waals surface area (Å²) in [5.41, 5.74) is 0.736. The third kappa shape index (κ3) is 4.65. The maximum atomic E-state index is 11.3. The van der Waals surface area contributed by atoms with Gasteiger partial charge in [0.2, 0.25) is 0 Å². The Labute approximate surface area is 121 Å². The van der Waals surface area contributed by atoms with Crippen molar-refractivity contribution in [3.8, 4) is 0 Å². The highest BCUT2D eigenvalue weighted by atomic mass is 32.1. The molecule has 0 saturated carbocycles. The van der Waals surface area contributed by atoms with E-state index < -0.39 is 23.8 Å². The summed E-state index contributed by atoms with van der Waals surface area (Å²) in [4.78, 5) is 22.0. The molecule has 0 fully saturated rings. The second-order valence-corrected chi connectivity index (χ2v) is 5.33. The summed E-state index contributed by atoms with van der Waals surface area (Å²) in [7, 11) is 0. The summed E-state index contributed by atoms with van der Waals surface area (Å²) in [6.07, 6.45) is -0.193. The van der Waals surface area contributed by atoms with E-state index >= 15 is 0 Å². The molecule has 0 amide bonds. The van der Waals surface area contributed by atoms with Gasteiger partial charge in [-0.3, -0.25) is 9.59 Å². The number of benzene rings is 1. The van der Waals surface area contributed by atoms with Crippen LogP contribution >= 0.6 is 24.8 Å². The first-order chi connectivity index (χ1) is 8.93. The van der Waals surface area contributed by atoms with Crippen LogP contribution in [0.1, 0.15) is 24.3 Å². The number of carboxylic acid groups (broad SMARTS) is 2. The SMILES string of the molecule is O=C(O)CCC(C(=O)O)C(C(=S)S)c1ccccc1. The Morgan fingerprint density at radius 2 is 1.79 bits per heavy atom. The van der Waals surface area contributed by atoms with Gasteiger partial charge in [-0.1, -0.05) is 42.5 Å². The lowest BCUT2D eigenvalue weighted by atomic mass is 9.84. The van der Waals surface area contributed by atoms with E-state index in [1.807, 2.05) is 6.07 Å². The van der Waals surface area contributed by atoms with Crippen LogP contribution in [0.2, 0.25) is 0 Å². The van der Waals surface area contributed by atoms with Crippen molar-refractivity contribution < 1.29 is 19.8 Å². The molecular formula is C13H14O4S2. The fourth-order valence-corrected chi connectivity index (χ4v) is 2.55. The zero-order valence-electron chi connectivity index (χ0n) is 10.0. The van der Waals surface area contributed by atoms with Crippen molar-refractivity contribution in [3.63, 3.8) is 0 Å². The molecule has 2 unspecified atom stereocenters. The molecule has 0 saturated heterocycles. The van der Waals surface area contributed by atoms with Gasteiger partial charge < -0.3 is 10.2 Å². The van der Waals surface area contributed by atoms with Gasteiger partial charge in [-0.05, 0) is 12.0 Å². The van der Waals surface area contributed by atoms with Gasteiger partial charge in [0.15, 0.2) is 0 Å². The molecule has 2 atom stereocenters. The average molecular weight is 298 g/mol. The summed E-state index contributed by atoms with van der Waals surface area (Å²) in [5, 5.41) is 18.0. The number of hydrogen-bond donors (Lipinski definition) is 3. The molecule has 102 valence electrons. The van der Waals surface area contributed by atoms with Gasteiger partial charge in [0.1, 0.15) is 0 Å². The van der Waals surface area contributed by atoms with Crippen LogP contribution in [-0.2, 0) is 9.59 Å². The molecule has 0 aliphatic heterocycles. The summed E-state index contributed by atoms with van der Waals surface area (Å²) in [5.74, 6) is -3.55. The number of carbonyl (C=O) groups is 2. The van der Waals surface area contributed by atoms with Crippen LogP contribution in [0.3, 0.4) is 0 Å². The molecule has 0 aliphatic rings. The van der Waals surface area contributed by atoms with Crippen LogP contribution in [0.25, 0.3) is 0 Å². The van der Waals surface area contributed by atoms with Gasteiger partial charge in [-0.15, -0.1) is 12.6 Å². The zero-order chi connectivity index (χ0) is 14.4. The molecule has 1 aromatic carbocycles. The first-order valence-corrected chi connectivity index (χ1v) is 6.51. The van der Waals surface area contributed by atoms with Gasteiger partial charge >= 0.3 is 11.9 Å². The molecule has 0 aliphatic carbocycles. The highest BCUT2D eigenvalue weighted by Gasteiger charge is 2.31. The van der Waals surface area contributed by atoms with Crippen LogP contribution in [0.15, 0.2) is 30.3 Å². The number of thiocarbonyl (C=S) groups is 1. The Balaban J connectivity index is 3.03. The number of thiol groups is 1. The average Bonchev–Trinajstić information content (AvgIpc) is 2.34. The minimum absolute atomic E-state index is 0.0188. The molecule has 1 aromatic rings. The van der Waals surface area contributed by atoms with E-state index in [2.05, 4.69) is 12.6 Å². The maximum Gasteiger partial charge on any atom is 0.307 e. The number of hydrogen-bond acceptors (Lipinski definition) is 3. The largest absolute Gasteiger partial charge is 0.481 e. The van der Waals surface area contributed by atoms with Crippen LogP contribution in [0, 0.1) is 5.92 Å². The molecular weight excluding hydrogens is 284 g/mol. The lowest BCUT2D eigenvalue weighted by Gasteiger charge is -2.22. The normalized spacial score (nSPS) is 13.5. The lowest BCUT2D eigenvalue weighted by molar-refractivity contribution is -0.143. The van der Waals surface area contributed by atoms with Crippen molar-refractivity contribution in [2.45, 2.75) is 18.8 Å². The predicted octanol–water partition coefficient (Wildman–Crippen LogP) is 2.59. The summed E-state index contributed by atoms with van der Waals surface area (Å²) >= 11 is 9.13. The van der Waals surface area contributed by atoms with Gasteiger partial charge in [-0.25, -0.2) is 0 Å². The summed E-state index contributed by atoms with van der Waals surface area (Å²) in [6, 6.07) is 8.91. The molecule has 0 heterocycles. The molecule has 19 heavy (non-hydrogen) atoms. The molecule has 4 nitrogen and oxygen atoms in total. The number of carboxylic acids is 2. The zero-order valence-corrected chi connectivity index (χ0v) is 11.7. The molecule has 2 N–H and O–H groups in total. The van der Waals surface area contributed by atoms with E-state index in [0.717, 1.165) is 5.56 Å². The molecule has 6 heteroatoms. The second-order valence-electron chi connectivity index (χ2n) is 4.10. The monoisotopic (exact) mass is 298 g/mol. The van der Waals surface area contributed by atoms with Crippen molar-refractivity contribution in [1.29, 1.82) is 0 Å². The first-order valence-electron chi connectivity index (χ1n) is 5.66. The second kappa shape index (κ2) is 7.25. The van der Waals surface area contributed by atoms with Crippen molar-refractivity contribution in [2.75, 3.05) is 0 Å². The third-order valence-corrected chi connectivity index (χ3v) is 3.35. The smallest absolute Gasteiger partial charge is 0.307 e. The Morgan fingerprint density at radius 1 is 1.21 bits per heavy atom. The van der Waals surface area contributed by atoms with Gasteiger partial charge in [-0.2, -0.15) is 0 Å². The maximum absolute atomic E-state index is 11.3. The lowest BCUT2D eigenvalue weighted by Crippen LogP contribution is -2.26. The standard InChI is InChI=1S/C13H14O4S2/c14-10(15)7-6-9(12(16)17)11(13(18)19)8-4-2-1-3-5-8/h1-5,9,11H,6-7H2,(H,14,15)(H,16,17)(H,18,19). The fourth-order valence-electron chi connectivity index (χ4n) is 1.92. The fraction of sp³-hybridized carbons (Fsp3) is 0.308. The first kappa shape index (κ1) is 15.7. The van der Waals surface area contributed by atoms with E-state index in [1.165, 1.54) is 0 Å². The highest BCUT2D eigenvalue weighted by molar-refractivity contribution is 8.11. The van der Waals surface area contributed by atoms with Crippen molar-refractivity contribution in [2.24, 2.45) is 5.92 Å². The van der Waals surface area contributed by atoms with E-state index in [1.54, 1.807) is 24.3 Å². The number of rotatable bonds is 7. The Hall–Kier alpha value is -1.40. The highest BCUT2D eigenvalue weighted by Crippen LogP contribution is 2.31. The Bertz CT molecular complexity index is 473. The van der Waals surface area contributed by atoms with E-state index in [9.17, 15) is 14.7 Å². The number of aliphatic carboxylic acids is 2. The van der Waals surface area contributed by atoms with Crippen LogP contribution in [-0.4, -0.2) is 26.3 Å². The van der Waals surface area contributed by atoms with Crippen molar-refractivity contribution in [3.05, 3.63) is 35.9 Å². The minimum Gasteiger partial charge on any atom is -0.481 e. The Kier molecular flexibility index (Phi) is 5.98. The van der Waals surface area contributed by atoms with E-state index in [-0.39, 0.29) is 17.0 Å². The van der Waals surface area contributed by atoms with Crippen LogP contribution in [0.5, 0.6) is 0 Å². The van der Waals surface area contributed by atoms with Gasteiger partial charge in [0, 0.05) is 12.3 Å². The molecule has 1 rings (SSSR count). The van der Waals surface area contributed by atoms with Crippen molar-refractivity contribution >= 4 is 41.0 Å². The quantitative estimate of drug-likeness (QED) is 0.533. The van der Waals surface area contributed by atoms with Crippen LogP contribution < -0.4 is 0 Å². The molecule has 0 radical (unpaired) electrons. The van der Waals surface area contributed by atoms with Gasteiger partial charge in [0.05, 0.1) is 10.1 Å². The molecule has 0 aromatic heterocycles. The van der Waals surface area contributed by atoms with E-state index in [0.29, 0.717) is 0 Å². The third-order valence-electron chi connectivity index (χ3n) is 2.81. The molecule has 0 spiro atoms. The van der Waals surface area contributed by atoms with Crippen molar-refractivity contribution in [1.82, 2.24) is 0 Å². The van der Waals surface area contributed by atoms with Gasteiger partial charge in [0.25, 0.3) is 0 Å². The summed E-state index contributed by atoms with van der Waals surface area (Å²) in [6.45, 7) is 0. The summed E-state index contributed by atoms with van der Waals surface area (Å²) < 4.78 is 0.254. The minimum atomic E-state index is -1.06. The van der Waals surface area contributed by atoms with Crippen LogP contribution in [0.4, 0.5) is 0 Å². The van der Waals surface area contributed by atoms with E-state index in [4.69, 9.17) is 17.3 Å². The Morgan fingerprint density at radius 3 is 2.21 bits per heavy atom. The topological polar surface area (TPSA) is 74.6 Å². The molecule has 0 bridgehead atoms.